The second-order valence-electron chi connectivity index (χ2n) is 3.75. The molecule has 1 heterocycles. The maximum Gasteiger partial charge on any atom is 0.165 e. The minimum absolute atomic E-state index is 0.252. The zero-order valence-corrected chi connectivity index (χ0v) is 11.0. The second-order valence-corrected chi connectivity index (χ2v) is 4.59. The third-order valence-electron chi connectivity index (χ3n) is 2.46. The van der Waals surface area contributed by atoms with Gasteiger partial charge in [0.2, 0.25) is 0 Å². The molecule has 0 aliphatic heterocycles. The lowest BCUT2D eigenvalue weighted by molar-refractivity contribution is 0.624. The number of rotatable bonds is 4. The van der Waals surface area contributed by atoms with Crippen molar-refractivity contribution in [2.45, 2.75) is 6.42 Å². The molecule has 0 unspecified atom stereocenters. The molecule has 1 aromatic heterocycles. The van der Waals surface area contributed by atoms with Crippen molar-refractivity contribution < 1.29 is 4.39 Å². The van der Waals surface area contributed by atoms with Crippen LogP contribution in [-0.4, -0.2) is 11.5 Å². The summed E-state index contributed by atoms with van der Waals surface area (Å²) in [5.74, 6) is -0.109. The first-order chi connectivity index (χ1) is 8.66. The molecule has 0 aliphatic rings. The van der Waals surface area contributed by atoms with Crippen LogP contribution in [0, 0.1) is 5.82 Å². The van der Waals surface area contributed by atoms with Crippen LogP contribution in [0.1, 0.15) is 5.56 Å². The maximum absolute atomic E-state index is 13.3. The number of hydrogen-bond acceptors (Lipinski definition) is 2. The highest BCUT2D eigenvalue weighted by molar-refractivity contribution is 6.35. The zero-order valence-electron chi connectivity index (χ0n) is 9.46. The van der Waals surface area contributed by atoms with Gasteiger partial charge in [0.05, 0.1) is 0 Å². The van der Waals surface area contributed by atoms with Crippen molar-refractivity contribution in [3.05, 3.63) is 58.0 Å². The fourth-order valence-corrected chi connectivity index (χ4v) is 2.06. The van der Waals surface area contributed by atoms with Gasteiger partial charge >= 0.3 is 0 Å². The van der Waals surface area contributed by atoms with Gasteiger partial charge in [-0.05, 0) is 36.2 Å². The van der Waals surface area contributed by atoms with E-state index in [0.29, 0.717) is 23.0 Å². The smallest absolute Gasteiger partial charge is 0.165 e. The van der Waals surface area contributed by atoms with E-state index in [1.165, 1.54) is 6.07 Å². The molecule has 0 aliphatic carbocycles. The number of pyridine rings is 1. The van der Waals surface area contributed by atoms with E-state index < -0.39 is 0 Å². The van der Waals surface area contributed by atoms with E-state index in [1.807, 2.05) is 6.07 Å². The lowest BCUT2D eigenvalue weighted by Crippen LogP contribution is -2.08. The standard InChI is InChI=1S/C13H11Cl2FN2/c14-10-4-3-9(11(15)8-10)5-7-18-13-12(16)2-1-6-17-13/h1-4,6,8H,5,7H2,(H,17,18). The summed E-state index contributed by atoms with van der Waals surface area (Å²) in [6.45, 7) is 0.551. The molecule has 0 radical (unpaired) electrons. The highest BCUT2D eigenvalue weighted by Crippen LogP contribution is 2.21. The molecule has 2 aromatic rings. The Bertz CT molecular complexity index is 546. The number of benzene rings is 1. The summed E-state index contributed by atoms with van der Waals surface area (Å²) >= 11 is 11.8. The number of hydrogen-bond donors (Lipinski definition) is 1. The minimum Gasteiger partial charge on any atom is -0.367 e. The van der Waals surface area contributed by atoms with Crippen molar-refractivity contribution in [3.63, 3.8) is 0 Å². The Balaban J connectivity index is 1.95. The first-order valence-electron chi connectivity index (χ1n) is 5.45. The molecule has 2 nitrogen and oxygen atoms in total. The number of halogens is 3. The maximum atomic E-state index is 13.3. The predicted octanol–water partition coefficient (Wildman–Crippen LogP) is 4.18. The van der Waals surface area contributed by atoms with Crippen LogP contribution in [0.3, 0.4) is 0 Å². The quantitative estimate of drug-likeness (QED) is 0.911. The summed E-state index contributed by atoms with van der Waals surface area (Å²) in [6.07, 6.45) is 2.21. The Morgan fingerprint density at radius 1 is 1.22 bits per heavy atom. The molecule has 1 aromatic carbocycles. The van der Waals surface area contributed by atoms with Crippen LogP contribution in [-0.2, 0) is 6.42 Å². The van der Waals surface area contributed by atoms with Crippen molar-refractivity contribution in [1.82, 2.24) is 4.98 Å². The molecule has 0 amide bonds. The molecule has 0 bridgehead atoms. The van der Waals surface area contributed by atoms with Gasteiger partial charge in [-0.3, -0.25) is 0 Å². The lowest BCUT2D eigenvalue weighted by atomic mass is 10.1. The first kappa shape index (κ1) is 13.1. The molecule has 0 saturated carbocycles. The minimum atomic E-state index is -0.361. The summed E-state index contributed by atoms with van der Waals surface area (Å²) in [4.78, 5) is 3.91. The normalized spacial score (nSPS) is 10.4. The fourth-order valence-electron chi connectivity index (χ4n) is 1.56. The Labute approximate surface area is 115 Å². The number of nitrogens with one attached hydrogen (secondary N) is 1. The largest absolute Gasteiger partial charge is 0.367 e. The van der Waals surface area contributed by atoms with E-state index in [2.05, 4.69) is 10.3 Å². The lowest BCUT2D eigenvalue weighted by Gasteiger charge is -2.07. The molecule has 94 valence electrons. The van der Waals surface area contributed by atoms with E-state index in [9.17, 15) is 4.39 Å². The topological polar surface area (TPSA) is 24.9 Å². The van der Waals surface area contributed by atoms with Gasteiger partial charge in [-0.1, -0.05) is 29.3 Å². The van der Waals surface area contributed by atoms with Crippen molar-refractivity contribution >= 4 is 29.0 Å². The fraction of sp³-hybridized carbons (Fsp3) is 0.154. The van der Waals surface area contributed by atoms with E-state index in [0.717, 1.165) is 5.56 Å². The number of anilines is 1. The van der Waals surface area contributed by atoms with Crippen molar-refractivity contribution in [2.75, 3.05) is 11.9 Å². The van der Waals surface area contributed by atoms with E-state index >= 15 is 0 Å². The molecular formula is C13H11Cl2FN2. The van der Waals surface area contributed by atoms with Crippen LogP contribution in [0.5, 0.6) is 0 Å². The van der Waals surface area contributed by atoms with Crippen molar-refractivity contribution in [3.8, 4) is 0 Å². The summed E-state index contributed by atoms with van der Waals surface area (Å²) < 4.78 is 13.3. The SMILES string of the molecule is Fc1cccnc1NCCc1ccc(Cl)cc1Cl. The molecule has 5 heteroatoms. The van der Waals surface area contributed by atoms with Gasteiger partial charge in [0.25, 0.3) is 0 Å². The molecule has 0 saturated heterocycles. The molecule has 0 fully saturated rings. The Morgan fingerprint density at radius 2 is 2.06 bits per heavy atom. The number of aromatic nitrogens is 1. The van der Waals surface area contributed by atoms with Crippen LogP contribution < -0.4 is 5.32 Å². The highest BCUT2D eigenvalue weighted by Gasteiger charge is 2.03. The number of nitrogens with zero attached hydrogens (tertiary/aromatic N) is 1. The molecule has 18 heavy (non-hydrogen) atoms. The summed E-state index contributed by atoms with van der Waals surface area (Å²) in [7, 11) is 0. The van der Waals surface area contributed by atoms with E-state index in [1.54, 1.807) is 24.4 Å². The van der Waals surface area contributed by atoms with Crippen LogP contribution in [0.15, 0.2) is 36.5 Å². The van der Waals surface area contributed by atoms with Crippen LogP contribution in [0.4, 0.5) is 10.2 Å². The van der Waals surface area contributed by atoms with Gasteiger partial charge in [0.1, 0.15) is 0 Å². The van der Waals surface area contributed by atoms with Crippen LogP contribution in [0.25, 0.3) is 0 Å². The van der Waals surface area contributed by atoms with Gasteiger partial charge in [-0.25, -0.2) is 9.37 Å². The second kappa shape index (κ2) is 6.03. The predicted molar refractivity (Wildman–Crippen MR) is 72.9 cm³/mol. The summed E-state index contributed by atoms with van der Waals surface area (Å²) in [6, 6.07) is 8.26. The van der Waals surface area contributed by atoms with Crippen molar-refractivity contribution in [2.24, 2.45) is 0 Å². The average molecular weight is 285 g/mol. The highest BCUT2D eigenvalue weighted by atomic mass is 35.5. The Morgan fingerprint density at radius 3 is 2.78 bits per heavy atom. The third kappa shape index (κ3) is 3.34. The first-order valence-corrected chi connectivity index (χ1v) is 6.21. The monoisotopic (exact) mass is 284 g/mol. The van der Waals surface area contributed by atoms with Gasteiger partial charge in [-0.15, -0.1) is 0 Å². The molecule has 0 atom stereocenters. The third-order valence-corrected chi connectivity index (χ3v) is 3.05. The van der Waals surface area contributed by atoms with Gasteiger partial charge < -0.3 is 5.32 Å². The van der Waals surface area contributed by atoms with Crippen LogP contribution in [0.2, 0.25) is 10.0 Å². The molecular weight excluding hydrogens is 274 g/mol. The van der Waals surface area contributed by atoms with Crippen LogP contribution >= 0.6 is 23.2 Å². The van der Waals surface area contributed by atoms with E-state index in [-0.39, 0.29) is 11.6 Å². The van der Waals surface area contributed by atoms with E-state index in [4.69, 9.17) is 23.2 Å². The molecule has 2 rings (SSSR count). The Kier molecular flexibility index (Phi) is 4.39. The van der Waals surface area contributed by atoms with Gasteiger partial charge in [0.15, 0.2) is 11.6 Å². The molecule has 0 spiro atoms. The summed E-state index contributed by atoms with van der Waals surface area (Å²) in [5.41, 5.74) is 0.963. The van der Waals surface area contributed by atoms with Gasteiger partial charge in [-0.2, -0.15) is 0 Å². The average Bonchev–Trinajstić information content (AvgIpc) is 2.34. The zero-order chi connectivity index (χ0) is 13.0. The van der Waals surface area contributed by atoms with Gasteiger partial charge in [0, 0.05) is 22.8 Å². The summed E-state index contributed by atoms with van der Waals surface area (Å²) in [5, 5.41) is 4.15. The van der Waals surface area contributed by atoms with Crippen molar-refractivity contribution in [1.29, 1.82) is 0 Å². The molecule has 1 N–H and O–H groups in total. The Hall–Kier alpha value is -1.32.